The van der Waals surface area contributed by atoms with Gasteiger partial charge in [-0.1, -0.05) is 6.07 Å². The molecule has 1 amide bonds. The summed E-state index contributed by atoms with van der Waals surface area (Å²) < 4.78 is 26.9. The van der Waals surface area contributed by atoms with Gasteiger partial charge in [-0.3, -0.25) is 4.79 Å². The van der Waals surface area contributed by atoms with E-state index in [1.54, 1.807) is 19.1 Å². The first kappa shape index (κ1) is 19.2. The third-order valence-electron chi connectivity index (χ3n) is 4.75. The summed E-state index contributed by atoms with van der Waals surface area (Å²) in [5.41, 5.74) is 7.99. The lowest BCUT2D eigenvalue weighted by Crippen LogP contribution is -2.32. The predicted molar refractivity (Wildman–Crippen MR) is 94.7 cm³/mol. The first-order valence-corrected chi connectivity index (χ1v) is 9.45. The van der Waals surface area contributed by atoms with Crippen LogP contribution in [0, 0.1) is 0 Å². The Morgan fingerprint density at radius 3 is 2.42 bits per heavy atom. The zero-order chi connectivity index (χ0) is 16.6. The molecule has 1 aromatic rings. The van der Waals surface area contributed by atoms with Crippen LogP contribution < -0.4 is 5.73 Å². The Kier molecular flexibility index (Phi) is 5.91. The lowest BCUT2D eigenvalue weighted by Gasteiger charge is -2.17. The van der Waals surface area contributed by atoms with E-state index < -0.39 is 10.0 Å². The molecule has 0 aromatic heterocycles. The van der Waals surface area contributed by atoms with Crippen LogP contribution in [-0.4, -0.2) is 55.8 Å². The fourth-order valence-electron chi connectivity index (χ4n) is 3.30. The summed E-state index contributed by atoms with van der Waals surface area (Å²) in [7, 11) is -3.47. The maximum absolute atomic E-state index is 12.7. The molecule has 134 valence electrons. The second-order valence-corrected chi connectivity index (χ2v) is 8.29. The monoisotopic (exact) mass is 373 g/mol. The van der Waals surface area contributed by atoms with E-state index in [-0.39, 0.29) is 24.4 Å². The van der Waals surface area contributed by atoms with Crippen molar-refractivity contribution in [2.24, 2.45) is 5.73 Å². The average molecular weight is 374 g/mol. The standard InChI is InChI=1S/C16H23N3O3S.ClH/c1-12(20)18-7-4-13-2-3-16(10-14(13)5-8-18)23(21,22)19-9-6-15(17)11-19;/h2-3,10,15H,4-9,11,17H2,1H3;1H. The molecule has 1 saturated heterocycles. The zero-order valence-electron chi connectivity index (χ0n) is 13.8. The highest BCUT2D eigenvalue weighted by Gasteiger charge is 2.31. The topological polar surface area (TPSA) is 83.7 Å². The Bertz CT molecular complexity index is 723. The summed E-state index contributed by atoms with van der Waals surface area (Å²) in [5, 5.41) is 0. The molecule has 1 unspecified atom stereocenters. The minimum Gasteiger partial charge on any atom is -0.342 e. The predicted octanol–water partition coefficient (Wildman–Crippen LogP) is 0.777. The van der Waals surface area contributed by atoms with Crippen LogP contribution in [0.25, 0.3) is 0 Å². The van der Waals surface area contributed by atoms with Gasteiger partial charge in [-0.25, -0.2) is 8.42 Å². The summed E-state index contributed by atoms with van der Waals surface area (Å²) >= 11 is 0. The van der Waals surface area contributed by atoms with Crippen LogP contribution in [0.1, 0.15) is 24.5 Å². The number of halogens is 1. The van der Waals surface area contributed by atoms with Crippen molar-refractivity contribution >= 4 is 28.3 Å². The maximum Gasteiger partial charge on any atom is 0.243 e. The number of benzene rings is 1. The van der Waals surface area contributed by atoms with Gasteiger partial charge >= 0.3 is 0 Å². The zero-order valence-corrected chi connectivity index (χ0v) is 15.4. The molecule has 8 heteroatoms. The highest BCUT2D eigenvalue weighted by atomic mass is 35.5. The maximum atomic E-state index is 12.7. The Morgan fingerprint density at radius 1 is 1.17 bits per heavy atom. The molecular weight excluding hydrogens is 350 g/mol. The van der Waals surface area contributed by atoms with Gasteiger partial charge in [0.25, 0.3) is 0 Å². The number of nitrogens with two attached hydrogens (primary N) is 1. The number of carbonyl (C=O) groups is 1. The van der Waals surface area contributed by atoms with Gasteiger partial charge in [-0.05, 0) is 42.5 Å². The lowest BCUT2D eigenvalue weighted by atomic mass is 10.0. The normalized spacial score (nSPS) is 21.8. The molecular formula is C16H24ClN3O3S. The Hall–Kier alpha value is -1.15. The van der Waals surface area contributed by atoms with Gasteiger partial charge in [0.1, 0.15) is 0 Å². The molecule has 24 heavy (non-hydrogen) atoms. The van der Waals surface area contributed by atoms with Crippen LogP contribution in [0.3, 0.4) is 0 Å². The van der Waals surface area contributed by atoms with Crippen LogP contribution in [0.5, 0.6) is 0 Å². The number of fused-ring (bicyclic) bond motifs is 1. The van der Waals surface area contributed by atoms with Gasteiger partial charge in [0.2, 0.25) is 15.9 Å². The van der Waals surface area contributed by atoms with Crippen molar-refractivity contribution in [1.82, 2.24) is 9.21 Å². The quantitative estimate of drug-likeness (QED) is 0.830. The van der Waals surface area contributed by atoms with Gasteiger partial charge < -0.3 is 10.6 Å². The second kappa shape index (κ2) is 7.39. The second-order valence-electron chi connectivity index (χ2n) is 6.35. The number of nitrogens with zero attached hydrogens (tertiary/aromatic N) is 2. The summed E-state index contributed by atoms with van der Waals surface area (Å²) in [4.78, 5) is 13.7. The van der Waals surface area contributed by atoms with E-state index in [9.17, 15) is 13.2 Å². The molecule has 1 atom stereocenters. The van der Waals surface area contributed by atoms with E-state index in [1.807, 2.05) is 11.0 Å². The third-order valence-corrected chi connectivity index (χ3v) is 6.61. The van der Waals surface area contributed by atoms with Crippen molar-refractivity contribution in [3.05, 3.63) is 29.3 Å². The molecule has 0 spiro atoms. The van der Waals surface area contributed by atoms with Gasteiger partial charge in [0.15, 0.2) is 0 Å². The number of hydrogen-bond donors (Lipinski definition) is 1. The summed E-state index contributed by atoms with van der Waals surface area (Å²) in [6, 6.07) is 5.27. The van der Waals surface area contributed by atoms with Crippen LogP contribution in [0.2, 0.25) is 0 Å². The molecule has 3 rings (SSSR count). The lowest BCUT2D eigenvalue weighted by molar-refractivity contribution is -0.128. The minimum atomic E-state index is -3.47. The molecule has 0 bridgehead atoms. The van der Waals surface area contributed by atoms with Crippen LogP contribution in [-0.2, 0) is 27.7 Å². The average Bonchev–Trinajstić information content (AvgIpc) is 2.83. The van der Waals surface area contributed by atoms with E-state index in [0.29, 0.717) is 43.9 Å². The highest BCUT2D eigenvalue weighted by Crippen LogP contribution is 2.25. The summed E-state index contributed by atoms with van der Waals surface area (Å²) in [5.74, 6) is 0.0664. The summed E-state index contributed by atoms with van der Waals surface area (Å²) in [6.07, 6.45) is 2.17. The molecule has 1 aromatic carbocycles. The van der Waals surface area contributed by atoms with E-state index in [1.165, 1.54) is 4.31 Å². The van der Waals surface area contributed by atoms with Crippen molar-refractivity contribution in [3.8, 4) is 0 Å². The first-order valence-electron chi connectivity index (χ1n) is 8.01. The van der Waals surface area contributed by atoms with Crippen molar-refractivity contribution < 1.29 is 13.2 Å². The smallest absolute Gasteiger partial charge is 0.243 e. The largest absolute Gasteiger partial charge is 0.342 e. The minimum absolute atomic E-state index is 0. The molecule has 0 saturated carbocycles. The summed E-state index contributed by atoms with van der Waals surface area (Å²) in [6.45, 7) is 3.77. The van der Waals surface area contributed by atoms with E-state index in [2.05, 4.69) is 0 Å². The molecule has 2 heterocycles. The van der Waals surface area contributed by atoms with Crippen LogP contribution >= 0.6 is 12.4 Å². The van der Waals surface area contributed by atoms with E-state index in [4.69, 9.17) is 5.73 Å². The van der Waals surface area contributed by atoms with Gasteiger partial charge in [0.05, 0.1) is 4.90 Å². The molecule has 0 radical (unpaired) electrons. The molecule has 1 fully saturated rings. The van der Waals surface area contributed by atoms with Crippen molar-refractivity contribution in [2.75, 3.05) is 26.2 Å². The number of carbonyl (C=O) groups excluding carboxylic acids is 1. The van der Waals surface area contributed by atoms with Crippen molar-refractivity contribution in [2.45, 2.75) is 37.1 Å². The van der Waals surface area contributed by atoms with Crippen LogP contribution in [0.4, 0.5) is 0 Å². The van der Waals surface area contributed by atoms with Gasteiger partial charge in [0, 0.05) is 39.1 Å². The Labute approximate surface area is 149 Å². The first-order chi connectivity index (χ1) is 10.9. The molecule has 6 nitrogen and oxygen atoms in total. The number of sulfonamides is 1. The molecule has 2 aliphatic heterocycles. The van der Waals surface area contributed by atoms with Gasteiger partial charge in [-0.15, -0.1) is 12.4 Å². The molecule has 2 aliphatic rings. The molecule has 0 aliphatic carbocycles. The van der Waals surface area contributed by atoms with E-state index in [0.717, 1.165) is 17.5 Å². The Morgan fingerprint density at radius 2 is 1.83 bits per heavy atom. The Balaban J connectivity index is 0.00000208. The number of rotatable bonds is 2. The third kappa shape index (κ3) is 3.74. The number of amides is 1. The van der Waals surface area contributed by atoms with Crippen molar-refractivity contribution in [3.63, 3.8) is 0 Å². The fourth-order valence-corrected chi connectivity index (χ4v) is 4.86. The number of hydrogen-bond acceptors (Lipinski definition) is 4. The fraction of sp³-hybridized carbons (Fsp3) is 0.562. The van der Waals surface area contributed by atoms with Crippen LogP contribution in [0.15, 0.2) is 23.1 Å². The molecule has 2 N–H and O–H groups in total. The SMILES string of the molecule is CC(=O)N1CCc2ccc(S(=O)(=O)N3CCC(N)C3)cc2CC1.Cl. The highest BCUT2D eigenvalue weighted by molar-refractivity contribution is 7.89. The van der Waals surface area contributed by atoms with Gasteiger partial charge in [-0.2, -0.15) is 4.31 Å². The van der Waals surface area contributed by atoms with E-state index >= 15 is 0 Å². The van der Waals surface area contributed by atoms with Crippen molar-refractivity contribution in [1.29, 1.82) is 0 Å².